The van der Waals surface area contributed by atoms with Crippen LogP contribution in [0.25, 0.3) is 0 Å². The van der Waals surface area contributed by atoms with Gasteiger partial charge in [0.15, 0.2) is 0 Å². The van der Waals surface area contributed by atoms with Gasteiger partial charge in [-0.2, -0.15) is 0 Å². The summed E-state index contributed by atoms with van der Waals surface area (Å²) in [7, 11) is 1.67. The van der Waals surface area contributed by atoms with Crippen molar-refractivity contribution in [2.24, 2.45) is 22.9 Å². The summed E-state index contributed by atoms with van der Waals surface area (Å²) in [4.78, 5) is 37.4. The molecule has 6 unspecified atom stereocenters. The number of fused-ring (bicyclic) bond motifs is 2. The van der Waals surface area contributed by atoms with Crippen molar-refractivity contribution < 1.29 is 48.5 Å². The quantitative estimate of drug-likeness (QED) is 0.0295. The number of hydrogen-bond acceptors (Lipinski definition) is 13. The first kappa shape index (κ1) is 48.8. The van der Waals surface area contributed by atoms with E-state index in [0.29, 0.717) is 42.2 Å². The molecule has 2 aliphatic carbocycles. The minimum absolute atomic E-state index is 0.00193. The van der Waals surface area contributed by atoms with Crippen molar-refractivity contribution in [2.45, 2.75) is 89.4 Å². The number of carbonyl (C=O) groups is 1. The fourth-order valence-corrected chi connectivity index (χ4v) is 9.73. The number of aromatic nitrogens is 1. The number of oxime groups is 1. The molecule has 15 nitrogen and oxygen atoms in total. The first-order valence-corrected chi connectivity index (χ1v) is 23.2. The van der Waals surface area contributed by atoms with E-state index in [1.807, 2.05) is 73.7 Å². The van der Waals surface area contributed by atoms with E-state index in [2.05, 4.69) is 17.6 Å². The van der Waals surface area contributed by atoms with Crippen LogP contribution >= 0.6 is 0 Å². The van der Waals surface area contributed by atoms with E-state index in [4.69, 9.17) is 33.7 Å². The molecule has 6 atom stereocenters. The SMILES string of the molecule is C=CCOC12Oc3ccc(OCc4cccc(C)n4)cc3C3C(CCCCO)C(CCCCO)C=C(C(=NOCc4ccc([N+](=O)[O-])cc4)CC1N(C)C(=O)OCCOCc1ccccc1)C32. The molecule has 3 aromatic carbocycles. The van der Waals surface area contributed by atoms with Gasteiger partial charge in [0, 0.05) is 56.0 Å². The van der Waals surface area contributed by atoms with E-state index in [9.17, 15) is 25.1 Å². The standard InChI is InChI=1S/C52H62N4O11/c1-4-27-65-52-48(55(3)51(59)63-29-28-62-33-37-14-6-5-7-15-37)32-46(54-66-34-38-19-21-41(22-20-38)56(60)61)44-30-39(16-8-10-25-57)43(18-9-11-26-58)49(50(44)52)45-31-42(23-24-47(45)67-52)64-35-40-17-12-13-36(2)53-40/h4-7,12-15,17,19-24,30-31,39,43,48-50,57-58H,1,8-11,16,18,25-29,32-35H2,2-3H3. The maximum atomic E-state index is 14.2. The van der Waals surface area contributed by atoms with Crippen LogP contribution in [0.3, 0.4) is 0 Å². The number of aryl methyl sites for hydroxylation is 1. The molecule has 67 heavy (non-hydrogen) atoms. The average molecular weight is 919 g/mol. The van der Waals surface area contributed by atoms with E-state index < -0.39 is 28.8 Å². The maximum Gasteiger partial charge on any atom is 0.410 e. The number of likely N-dealkylation sites (N-methyl/N-ethyl adjacent to an activating group) is 1. The number of non-ortho nitro benzene ring substituents is 1. The van der Waals surface area contributed by atoms with E-state index >= 15 is 0 Å². The first-order valence-electron chi connectivity index (χ1n) is 23.2. The zero-order valence-electron chi connectivity index (χ0n) is 38.4. The second-order valence-electron chi connectivity index (χ2n) is 17.3. The summed E-state index contributed by atoms with van der Waals surface area (Å²) in [5.74, 6) is -1.06. The van der Waals surface area contributed by atoms with Gasteiger partial charge in [-0.25, -0.2) is 4.79 Å². The van der Waals surface area contributed by atoms with Crippen molar-refractivity contribution in [3.63, 3.8) is 0 Å². The number of benzene rings is 3. The van der Waals surface area contributed by atoms with E-state index in [-0.39, 0.29) is 76.1 Å². The second kappa shape index (κ2) is 23.5. The van der Waals surface area contributed by atoms with E-state index in [1.54, 1.807) is 25.3 Å². The van der Waals surface area contributed by atoms with Crippen molar-refractivity contribution in [2.75, 3.05) is 40.1 Å². The number of nitro benzene ring substituents is 1. The van der Waals surface area contributed by atoms with Crippen LogP contribution < -0.4 is 9.47 Å². The van der Waals surface area contributed by atoms with Crippen LogP contribution in [-0.2, 0) is 38.9 Å². The molecule has 0 radical (unpaired) electrons. The summed E-state index contributed by atoms with van der Waals surface area (Å²) in [5.41, 5.74) is 5.71. The third-order valence-corrected chi connectivity index (χ3v) is 12.9. The average Bonchev–Trinajstić information content (AvgIpc) is 3.34. The van der Waals surface area contributed by atoms with Gasteiger partial charge in [-0.1, -0.05) is 66.5 Å². The topological polar surface area (TPSA) is 185 Å². The largest absolute Gasteiger partial charge is 0.487 e. The van der Waals surface area contributed by atoms with Crippen LogP contribution in [0.15, 0.2) is 120 Å². The number of allylic oxidation sites excluding steroid dienone is 1. The second-order valence-corrected chi connectivity index (χ2v) is 17.3. The van der Waals surface area contributed by atoms with Gasteiger partial charge in [0.05, 0.1) is 42.1 Å². The van der Waals surface area contributed by atoms with Gasteiger partial charge in [-0.3, -0.25) is 15.1 Å². The summed E-state index contributed by atoms with van der Waals surface area (Å²) >= 11 is 0. The van der Waals surface area contributed by atoms with Gasteiger partial charge in [0.25, 0.3) is 5.69 Å². The number of hydrogen-bond donors (Lipinski definition) is 2. The normalized spacial score (nSPS) is 22.1. The van der Waals surface area contributed by atoms with Crippen molar-refractivity contribution in [1.82, 2.24) is 9.88 Å². The number of pyridine rings is 1. The number of carbonyl (C=O) groups excluding carboxylic acids is 1. The Morgan fingerprint density at radius 3 is 2.45 bits per heavy atom. The summed E-state index contributed by atoms with van der Waals surface area (Å²) in [6, 6.07) is 26.7. The van der Waals surface area contributed by atoms with Crippen LogP contribution in [-0.4, -0.2) is 88.7 Å². The number of amides is 1. The fraction of sp³-hybridized carbons (Fsp3) is 0.442. The Morgan fingerprint density at radius 1 is 0.955 bits per heavy atom. The number of aliphatic hydroxyl groups is 2. The molecule has 0 saturated heterocycles. The molecule has 7 rings (SSSR count). The number of nitrogens with zero attached hydrogens (tertiary/aromatic N) is 4. The number of rotatable bonds is 24. The molecule has 0 spiro atoms. The van der Waals surface area contributed by atoms with Gasteiger partial charge in [-0.05, 0) is 104 Å². The van der Waals surface area contributed by atoms with Crippen LogP contribution in [0.5, 0.6) is 11.5 Å². The Kier molecular flexibility index (Phi) is 17.1. The van der Waals surface area contributed by atoms with Gasteiger partial charge in [0.2, 0.25) is 5.79 Å². The molecule has 1 aliphatic heterocycles. The molecule has 356 valence electrons. The molecule has 15 heteroatoms. The highest BCUT2D eigenvalue weighted by Gasteiger charge is 2.65. The molecular weight excluding hydrogens is 857 g/mol. The molecule has 4 aromatic rings. The lowest BCUT2D eigenvalue weighted by Gasteiger charge is -2.59. The van der Waals surface area contributed by atoms with Gasteiger partial charge < -0.3 is 43.6 Å². The lowest BCUT2D eigenvalue weighted by molar-refractivity contribution is -0.384. The zero-order valence-corrected chi connectivity index (χ0v) is 38.4. The Bertz CT molecular complexity index is 2340. The molecule has 1 amide bonds. The smallest absolute Gasteiger partial charge is 0.410 e. The summed E-state index contributed by atoms with van der Waals surface area (Å²) in [6.45, 7) is 7.02. The number of nitro groups is 1. The van der Waals surface area contributed by atoms with Crippen molar-refractivity contribution >= 4 is 17.5 Å². The summed E-state index contributed by atoms with van der Waals surface area (Å²) in [5, 5.41) is 36.1. The Hall–Kier alpha value is -6.13. The van der Waals surface area contributed by atoms with Crippen molar-refractivity contribution in [3.8, 4) is 11.5 Å². The third kappa shape index (κ3) is 11.9. The highest BCUT2D eigenvalue weighted by Crippen LogP contribution is 2.62. The Morgan fingerprint density at radius 2 is 1.72 bits per heavy atom. The molecule has 3 aliphatic rings. The summed E-state index contributed by atoms with van der Waals surface area (Å²) < 4.78 is 32.4. The van der Waals surface area contributed by atoms with Crippen molar-refractivity contribution in [3.05, 3.63) is 153 Å². The van der Waals surface area contributed by atoms with E-state index in [0.717, 1.165) is 53.8 Å². The number of ether oxygens (including phenoxy) is 5. The monoisotopic (exact) mass is 918 g/mol. The van der Waals surface area contributed by atoms with Gasteiger partial charge >= 0.3 is 6.09 Å². The molecule has 1 fully saturated rings. The van der Waals surface area contributed by atoms with Crippen LogP contribution in [0.1, 0.15) is 78.9 Å². The lowest BCUT2D eigenvalue weighted by Crippen LogP contribution is -2.69. The Balaban J connectivity index is 1.30. The Labute approximate surface area is 392 Å². The predicted octanol–water partition coefficient (Wildman–Crippen LogP) is 9.00. The lowest BCUT2D eigenvalue weighted by atomic mass is 9.55. The van der Waals surface area contributed by atoms with Crippen molar-refractivity contribution in [1.29, 1.82) is 0 Å². The summed E-state index contributed by atoms with van der Waals surface area (Å²) in [6.07, 6.45) is 7.82. The minimum Gasteiger partial charge on any atom is -0.487 e. The zero-order chi connectivity index (χ0) is 47.2. The minimum atomic E-state index is -1.48. The van der Waals surface area contributed by atoms with Crippen LogP contribution in [0, 0.1) is 34.8 Å². The maximum absolute atomic E-state index is 14.2. The van der Waals surface area contributed by atoms with Gasteiger partial charge in [0.1, 0.15) is 37.4 Å². The molecule has 2 N–H and O–H groups in total. The molecular formula is C52H62N4O11. The fourth-order valence-electron chi connectivity index (χ4n) is 9.73. The highest BCUT2D eigenvalue weighted by molar-refractivity contribution is 6.03. The molecule has 2 heterocycles. The predicted molar refractivity (Wildman–Crippen MR) is 251 cm³/mol. The highest BCUT2D eigenvalue weighted by atomic mass is 16.7. The first-order chi connectivity index (χ1) is 32.6. The number of aliphatic hydroxyl groups excluding tert-OH is 2. The van der Waals surface area contributed by atoms with Crippen LogP contribution in [0.4, 0.5) is 10.5 Å². The van der Waals surface area contributed by atoms with Crippen LogP contribution in [0.2, 0.25) is 0 Å². The number of unbranched alkanes of at least 4 members (excludes halogenated alkanes) is 2. The molecule has 1 aromatic heterocycles. The van der Waals surface area contributed by atoms with E-state index in [1.165, 1.54) is 17.0 Å². The molecule has 1 saturated carbocycles. The molecule has 0 bridgehead atoms. The van der Waals surface area contributed by atoms with Gasteiger partial charge in [-0.15, -0.1) is 6.58 Å². The third-order valence-electron chi connectivity index (χ3n) is 12.9.